The highest BCUT2D eigenvalue weighted by Gasteiger charge is 2.11. The summed E-state index contributed by atoms with van der Waals surface area (Å²) in [6.45, 7) is 0.788. The van der Waals surface area contributed by atoms with E-state index in [1.54, 1.807) is 31.4 Å². The Morgan fingerprint density at radius 1 is 0.963 bits per heavy atom. The third-order valence-electron chi connectivity index (χ3n) is 4.04. The van der Waals surface area contributed by atoms with Gasteiger partial charge in [-0.25, -0.2) is 0 Å². The third kappa shape index (κ3) is 5.28. The van der Waals surface area contributed by atoms with Crippen LogP contribution < -0.4 is 15.4 Å². The van der Waals surface area contributed by atoms with Crippen molar-refractivity contribution in [2.24, 2.45) is 0 Å². The molecule has 1 heterocycles. The molecule has 27 heavy (non-hydrogen) atoms. The average Bonchev–Trinajstić information content (AvgIpc) is 2.73. The molecular formula is C21H22N4O2. The number of nitrogens with one attached hydrogen (secondary N) is 2. The molecule has 0 aliphatic heterocycles. The van der Waals surface area contributed by atoms with Crippen molar-refractivity contribution < 1.29 is 9.53 Å². The highest BCUT2D eigenvalue weighted by Crippen LogP contribution is 2.23. The van der Waals surface area contributed by atoms with E-state index in [2.05, 4.69) is 33.0 Å². The van der Waals surface area contributed by atoms with E-state index in [-0.39, 0.29) is 11.6 Å². The second-order valence-corrected chi connectivity index (χ2v) is 5.97. The lowest BCUT2D eigenvalue weighted by Crippen LogP contribution is -2.15. The Morgan fingerprint density at radius 3 is 2.48 bits per heavy atom. The minimum Gasteiger partial charge on any atom is -0.495 e. The van der Waals surface area contributed by atoms with E-state index < -0.39 is 0 Å². The first kappa shape index (κ1) is 18.4. The Kier molecular flexibility index (Phi) is 6.35. The molecule has 1 amide bonds. The van der Waals surface area contributed by atoms with Crippen LogP contribution in [0.15, 0.2) is 66.7 Å². The van der Waals surface area contributed by atoms with E-state index >= 15 is 0 Å². The largest absolute Gasteiger partial charge is 0.495 e. The normalized spacial score (nSPS) is 10.3. The van der Waals surface area contributed by atoms with Crippen LogP contribution in [0.4, 0.5) is 11.5 Å². The summed E-state index contributed by atoms with van der Waals surface area (Å²) >= 11 is 0. The van der Waals surface area contributed by atoms with E-state index in [1.165, 1.54) is 5.56 Å². The SMILES string of the molecule is COc1ccccc1NC(=O)c1ccc(NCCCc2ccccc2)nn1. The van der Waals surface area contributed by atoms with Gasteiger partial charge in [-0.2, -0.15) is 0 Å². The minimum atomic E-state index is -0.331. The van der Waals surface area contributed by atoms with Gasteiger partial charge in [0.1, 0.15) is 11.6 Å². The van der Waals surface area contributed by atoms with Crippen LogP contribution in [0, 0.1) is 0 Å². The Hall–Kier alpha value is -3.41. The molecule has 3 aromatic rings. The van der Waals surface area contributed by atoms with E-state index in [9.17, 15) is 4.79 Å². The van der Waals surface area contributed by atoms with Crippen molar-refractivity contribution in [1.82, 2.24) is 10.2 Å². The first-order chi connectivity index (χ1) is 13.3. The molecule has 3 rings (SSSR count). The number of rotatable bonds is 8. The molecule has 2 N–H and O–H groups in total. The molecule has 6 nitrogen and oxygen atoms in total. The molecule has 0 fully saturated rings. The predicted octanol–water partition coefficient (Wildman–Crippen LogP) is 3.78. The summed E-state index contributed by atoms with van der Waals surface area (Å²) in [7, 11) is 1.56. The fraction of sp³-hybridized carbons (Fsp3) is 0.190. The summed E-state index contributed by atoms with van der Waals surface area (Å²) in [4.78, 5) is 12.3. The number of anilines is 2. The Labute approximate surface area is 158 Å². The number of nitrogens with zero attached hydrogens (tertiary/aromatic N) is 2. The van der Waals surface area contributed by atoms with Crippen LogP contribution in [0.5, 0.6) is 5.75 Å². The number of aromatic nitrogens is 2. The molecule has 2 aromatic carbocycles. The van der Waals surface area contributed by atoms with Gasteiger partial charge >= 0.3 is 0 Å². The minimum absolute atomic E-state index is 0.246. The number of para-hydroxylation sites is 2. The van der Waals surface area contributed by atoms with E-state index in [0.29, 0.717) is 17.3 Å². The number of hydrogen-bond acceptors (Lipinski definition) is 5. The number of carbonyl (C=O) groups is 1. The molecule has 0 aliphatic rings. The second-order valence-electron chi connectivity index (χ2n) is 5.97. The molecule has 0 bridgehead atoms. The number of hydrogen-bond donors (Lipinski definition) is 2. The summed E-state index contributed by atoms with van der Waals surface area (Å²) in [5, 5.41) is 14.1. The first-order valence-electron chi connectivity index (χ1n) is 8.82. The maximum atomic E-state index is 12.3. The average molecular weight is 362 g/mol. The highest BCUT2D eigenvalue weighted by atomic mass is 16.5. The first-order valence-corrected chi connectivity index (χ1v) is 8.82. The quantitative estimate of drug-likeness (QED) is 0.597. The summed E-state index contributed by atoms with van der Waals surface area (Å²) < 4.78 is 5.23. The molecule has 0 radical (unpaired) electrons. The molecule has 6 heteroatoms. The van der Waals surface area contributed by atoms with Crippen molar-refractivity contribution in [2.75, 3.05) is 24.3 Å². The standard InChI is InChI=1S/C21H22N4O2/c1-27-19-12-6-5-11-17(19)23-21(26)18-13-14-20(25-24-18)22-15-7-10-16-8-3-2-4-9-16/h2-6,8-9,11-14H,7,10,15H2,1H3,(H,22,25)(H,23,26). The lowest BCUT2D eigenvalue weighted by molar-refractivity contribution is 0.102. The third-order valence-corrected chi connectivity index (χ3v) is 4.04. The summed E-state index contributed by atoms with van der Waals surface area (Å²) in [5.41, 5.74) is 2.15. The van der Waals surface area contributed by atoms with Crippen LogP contribution in [-0.2, 0) is 6.42 Å². The van der Waals surface area contributed by atoms with Gasteiger partial charge in [0.05, 0.1) is 12.8 Å². The summed E-state index contributed by atoms with van der Waals surface area (Å²) in [6.07, 6.45) is 1.99. The van der Waals surface area contributed by atoms with Gasteiger partial charge < -0.3 is 15.4 Å². The number of ether oxygens (including phenoxy) is 1. The Morgan fingerprint density at radius 2 is 1.74 bits per heavy atom. The molecule has 0 spiro atoms. The lowest BCUT2D eigenvalue weighted by atomic mass is 10.1. The van der Waals surface area contributed by atoms with Crippen LogP contribution >= 0.6 is 0 Å². The van der Waals surface area contributed by atoms with Gasteiger partial charge in [0.25, 0.3) is 5.91 Å². The van der Waals surface area contributed by atoms with Gasteiger partial charge in [0.15, 0.2) is 5.69 Å². The maximum Gasteiger partial charge on any atom is 0.276 e. The summed E-state index contributed by atoms with van der Waals surface area (Å²) in [5.74, 6) is 0.912. The smallest absolute Gasteiger partial charge is 0.276 e. The zero-order chi connectivity index (χ0) is 18.9. The van der Waals surface area contributed by atoms with E-state index in [4.69, 9.17) is 4.74 Å². The van der Waals surface area contributed by atoms with Gasteiger partial charge in [-0.1, -0.05) is 42.5 Å². The van der Waals surface area contributed by atoms with Crippen LogP contribution in [0.3, 0.4) is 0 Å². The van der Waals surface area contributed by atoms with Crippen LogP contribution in [-0.4, -0.2) is 29.8 Å². The Bertz CT molecular complexity index is 867. The monoisotopic (exact) mass is 362 g/mol. The highest BCUT2D eigenvalue weighted by molar-refractivity contribution is 6.03. The summed E-state index contributed by atoms with van der Waals surface area (Å²) in [6, 6.07) is 21.0. The molecule has 0 aliphatic carbocycles. The fourth-order valence-corrected chi connectivity index (χ4v) is 2.64. The van der Waals surface area contributed by atoms with Crippen molar-refractivity contribution in [3.63, 3.8) is 0 Å². The lowest BCUT2D eigenvalue weighted by Gasteiger charge is -2.09. The van der Waals surface area contributed by atoms with Gasteiger partial charge in [-0.05, 0) is 42.7 Å². The van der Waals surface area contributed by atoms with Gasteiger partial charge in [0.2, 0.25) is 0 Å². The maximum absolute atomic E-state index is 12.3. The van der Waals surface area contributed by atoms with Gasteiger partial charge in [-0.15, -0.1) is 10.2 Å². The van der Waals surface area contributed by atoms with Gasteiger partial charge in [-0.3, -0.25) is 4.79 Å². The molecule has 0 atom stereocenters. The number of amides is 1. The molecule has 0 saturated carbocycles. The molecule has 0 unspecified atom stereocenters. The van der Waals surface area contributed by atoms with Gasteiger partial charge in [0, 0.05) is 6.54 Å². The molecule has 1 aromatic heterocycles. The van der Waals surface area contributed by atoms with E-state index in [1.807, 2.05) is 30.3 Å². The van der Waals surface area contributed by atoms with Crippen LogP contribution in [0.1, 0.15) is 22.5 Å². The fourth-order valence-electron chi connectivity index (χ4n) is 2.64. The van der Waals surface area contributed by atoms with E-state index in [0.717, 1.165) is 19.4 Å². The zero-order valence-corrected chi connectivity index (χ0v) is 15.2. The number of carbonyl (C=O) groups excluding carboxylic acids is 1. The number of aryl methyl sites for hydroxylation is 1. The van der Waals surface area contributed by atoms with Crippen molar-refractivity contribution >= 4 is 17.4 Å². The molecular weight excluding hydrogens is 340 g/mol. The van der Waals surface area contributed by atoms with Crippen molar-refractivity contribution in [3.05, 3.63) is 78.0 Å². The van der Waals surface area contributed by atoms with Crippen molar-refractivity contribution in [3.8, 4) is 5.75 Å². The molecule has 138 valence electrons. The number of methoxy groups -OCH3 is 1. The zero-order valence-electron chi connectivity index (χ0n) is 15.2. The molecule has 0 saturated heterocycles. The van der Waals surface area contributed by atoms with Crippen molar-refractivity contribution in [1.29, 1.82) is 0 Å². The number of benzene rings is 2. The van der Waals surface area contributed by atoms with Crippen molar-refractivity contribution in [2.45, 2.75) is 12.8 Å². The Balaban J connectivity index is 1.50. The predicted molar refractivity (Wildman–Crippen MR) is 106 cm³/mol. The second kappa shape index (κ2) is 9.33. The topological polar surface area (TPSA) is 76.1 Å². The van der Waals surface area contributed by atoms with Crippen LogP contribution in [0.2, 0.25) is 0 Å². The van der Waals surface area contributed by atoms with Crippen LogP contribution in [0.25, 0.3) is 0 Å².